The Hall–Kier alpha value is -3.06. The molecule has 0 fully saturated rings. The van der Waals surface area contributed by atoms with Crippen molar-refractivity contribution in [3.63, 3.8) is 0 Å². The minimum absolute atomic E-state index is 0.0134. The van der Waals surface area contributed by atoms with E-state index in [1.165, 1.54) is 0 Å². The Balaban J connectivity index is 1.92. The normalized spacial score (nSPS) is 12.2. The maximum absolute atomic E-state index is 12.5. The van der Waals surface area contributed by atoms with E-state index in [0.29, 0.717) is 12.2 Å². The van der Waals surface area contributed by atoms with Gasteiger partial charge in [-0.05, 0) is 58.6 Å². The Kier molecular flexibility index (Phi) is 8.45. The topological polar surface area (TPSA) is 79.9 Å². The van der Waals surface area contributed by atoms with Crippen LogP contribution in [-0.2, 0) is 16.0 Å². The number of nitrogens with zero attached hydrogens (tertiary/aromatic N) is 1. The summed E-state index contributed by atoms with van der Waals surface area (Å²) in [6.45, 7) is 5.89. The van der Waals surface area contributed by atoms with Crippen molar-refractivity contribution in [1.29, 1.82) is 0 Å². The summed E-state index contributed by atoms with van der Waals surface area (Å²) in [7, 11) is 5.59. The van der Waals surface area contributed by atoms with Gasteiger partial charge in [-0.25, -0.2) is 4.79 Å². The molecule has 0 aliphatic heterocycles. The highest BCUT2D eigenvalue weighted by atomic mass is 16.6. The molecule has 0 bridgehead atoms. The van der Waals surface area contributed by atoms with Crippen LogP contribution in [0.3, 0.4) is 0 Å². The fourth-order valence-electron chi connectivity index (χ4n) is 3.10. The smallest absolute Gasteiger partial charge is 0.412 e. The molecule has 1 atom stereocenters. The molecule has 2 rings (SSSR count). The van der Waals surface area contributed by atoms with Crippen molar-refractivity contribution >= 4 is 17.7 Å². The van der Waals surface area contributed by atoms with Crippen molar-refractivity contribution < 1.29 is 19.1 Å². The van der Waals surface area contributed by atoms with Crippen LogP contribution >= 0.6 is 0 Å². The van der Waals surface area contributed by atoms with Gasteiger partial charge < -0.3 is 19.7 Å². The standard InChI is InChI=1S/C24H33N3O4/c1-24(2,3)31-23(29)26-18-13-11-17(12-14-18)15-22(28)25-16-20(27(4)5)19-9-7-8-10-21(19)30-6/h7-14,20H,15-16H2,1-6H3,(H,25,28)(H,26,29). The molecule has 2 aromatic carbocycles. The second-order valence-corrected chi connectivity index (χ2v) is 8.53. The van der Waals surface area contributed by atoms with Gasteiger partial charge in [0.2, 0.25) is 5.91 Å². The molecule has 0 aliphatic rings. The monoisotopic (exact) mass is 427 g/mol. The van der Waals surface area contributed by atoms with E-state index < -0.39 is 11.7 Å². The van der Waals surface area contributed by atoms with Crippen LogP contribution in [0.4, 0.5) is 10.5 Å². The van der Waals surface area contributed by atoms with E-state index in [9.17, 15) is 9.59 Å². The van der Waals surface area contributed by atoms with Crippen molar-refractivity contribution in [3.05, 3.63) is 59.7 Å². The Morgan fingerprint density at radius 1 is 1.03 bits per heavy atom. The van der Waals surface area contributed by atoms with Gasteiger partial charge in [-0.15, -0.1) is 0 Å². The number of para-hydroxylation sites is 1. The molecule has 7 nitrogen and oxygen atoms in total. The van der Waals surface area contributed by atoms with Crippen molar-refractivity contribution in [2.24, 2.45) is 0 Å². The largest absolute Gasteiger partial charge is 0.496 e. The SMILES string of the molecule is COc1ccccc1C(CNC(=O)Cc1ccc(NC(=O)OC(C)(C)C)cc1)N(C)C. The van der Waals surface area contributed by atoms with Gasteiger partial charge in [0.05, 0.1) is 19.6 Å². The van der Waals surface area contributed by atoms with Crippen molar-refractivity contribution in [3.8, 4) is 5.75 Å². The molecule has 2 aromatic rings. The van der Waals surface area contributed by atoms with Crippen molar-refractivity contribution in [2.45, 2.75) is 38.8 Å². The summed E-state index contributed by atoms with van der Waals surface area (Å²) >= 11 is 0. The predicted octanol–water partition coefficient (Wildman–Crippen LogP) is 4.00. The number of hydrogen-bond acceptors (Lipinski definition) is 5. The van der Waals surface area contributed by atoms with Crippen LogP contribution in [0.5, 0.6) is 5.75 Å². The molecular weight excluding hydrogens is 394 g/mol. The van der Waals surface area contributed by atoms with Gasteiger partial charge in [0.15, 0.2) is 0 Å². The average Bonchev–Trinajstić information content (AvgIpc) is 2.68. The lowest BCUT2D eigenvalue weighted by atomic mass is 10.0. The van der Waals surface area contributed by atoms with Crippen molar-refractivity contribution in [2.75, 3.05) is 33.1 Å². The number of carbonyl (C=O) groups is 2. The molecule has 0 saturated carbocycles. The van der Waals surface area contributed by atoms with E-state index in [-0.39, 0.29) is 18.4 Å². The fraction of sp³-hybridized carbons (Fsp3) is 0.417. The van der Waals surface area contributed by atoms with Gasteiger partial charge in [-0.3, -0.25) is 10.1 Å². The second kappa shape index (κ2) is 10.8. The van der Waals surface area contributed by atoms with E-state index in [1.807, 2.05) is 71.3 Å². The number of rotatable bonds is 8. The van der Waals surface area contributed by atoms with E-state index in [2.05, 4.69) is 15.5 Å². The third-order valence-electron chi connectivity index (χ3n) is 4.58. The Morgan fingerprint density at radius 3 is 2.26 bits per heavy atom. The lowest BCUT2D eigenvalue weighted by molar-refractivity contribution is -0.120. The molecule has 31 heavy (non-hydrogen) atoms. The first-order valence-corrected chi connectivity index (χ1v) is 10.2. The number of likely N-dealkylation sites (N-methyl/N-ethyl adjacent to an activating group) is 1. The molecule has 7 heteroatoms. The number of nitrogens with one attached hydrogen (secondary N) is 2. The Morgan fingerprint density at radius 2 is 1.68 bits per heavy atom. The summed E-state index contributed by atoms with van der Waals surface area (Å²) in [5.74, 6) is 0.720. The van der Waals surface area contributed by atoms with Crippen LogP contribution in [-0.4, -0.2) is 50.3 Å². The summed E-state index contributed by atoms with van der Waals surface area (Å²) in [6.07, 6.45) is -0.261. The highest BCUT2D eigenvalue weighted by molar-refractivity contribution is 5.85. The van der Waals surface area contributed by atoms with Crippen LogP contribution in [0.15, 0.2) is 48.5 Å². The molecule has 1 unspecified atom stereocenters. The summed E-state index contributed by atoms with van der Waals surface area (Å²) in [5, 5.41) is 5.69. The van der Waals surface area contributed by atoms with Crippen LogP contribution in [0.1, 0.15) is 37.9 Å². The van der Waals surface area contributed by atoms with Crippen molar-refractivity contribution in [1.82, 2.24) is 10.2 Å². The van der Waals surface area contributed by atoms with Crippen LogP contribution < -0.4 is 15.4 Å². The second-order valence-electron chi connectivity index (χ2n) is 8.53. The number of carbonyl (C=O) groups excluding carboxylic acids is 2. The molecule has 0 aliphatic carbocycles. The first kappa shape index (κ1) is 24.2. The Labute approximate surface area is 184 Å². The predicted molar refractivity (Wildman–Crippen MR) is 122 cm³/mol. The van der Waals surface area contributed by atoms with E-state index in [4.69, 9.17) is 9.47 Å². The average molecular weight is 428 g/mol. The summed E-state index contributed by atoms with van der Waals surface area (Å²) in [5.41, 5.74) is 1.93. The number of benzene rings is 2. The van der Waals surface area contributed by atoms with E-state index in [1.54, 1.807) is 19.2 Å². The minimum Gasteiger partial charge on any atom is -0.496 e. The van der Waals surface area contributed by atoms with Crippen LogP contribution in [0.2, 0.25) is 0 Å². The number of ether oxygens (including phenoxy) is 2. The highest BCUT2D eigenvalue weighted by Crippen LogP contribution is 2.27. The molecule has 0 aromatic heterocycles. The van der Waals surface area contributed by atoms with Gasteiger partial charge in [0, 0.05) is 17.8 Å². The number of hydrogen-bond donors (Lipinski definition) is 2. The molecule has 0 saturated heterocycles. The van der Waals surface area contributed by atoms with Gasteiger partial charge in [0.1, 0.15) is 11.4 Å². The zero-order valence-corrected chi connectivity index (χ0v) is 19.2. The number of methoxy groups -OCH3 is 1. The molecule has 2 amide bonds. The van der Waals surface area contributed by atoms with E-state index >= 15 is 0 Å². The summed E-state index contributed by atoms with van der Waals surface area (Å²) < 4.78 is 10.7. The first-order valence-electron chi connectivity index (χ1n) is 10.2. The van der Waals surface area contributed by atoms with Gasteiger partial charge >= 0.3 is 6.09 Å². The number of anilines is 1. The summed E-state index contributed by atoms with van der Waals surface area (Å²) in [6, 6.07) is 14.9. The van der Waals surface area contributed by atoms with Crippen LogP contribution in [0.25, 0.3) is 0 Å². The maximum Gasteiger partial charge on any atom is 0.412 e. The Bertz CT molecular complexity index is 873. The lowest BCUT2D eigenvalue weighted by Crippen LogP contribution is -2.35. The molecule has 2 N–H and O–H groups in total. The lowest BCUT2D eigenvalue weighted by Gasteiger charge is -2.26. The first-order chi connectivity index (χ1) is 14.6. The zero-order valence-electron chi connectivity index (χ0n) is 19.2. The molecule has 0 spiro atoms. The van der Waals surface area contributed by atoms with Crippen LogP contribution in [0, 0.1) is 0 Å². The molecule has 0 radical (unpaired) electrons. The molecule has 168 valence electrons. The fourth-order valence-corrected chi connectivity index (χ4v) is 3.10. The molecular formula is C24H33N3O4. The minimum atomic E-state index is -0.559. The third kappa shape index (κ3) is 7.94. The number of amides is 2. The third-order valence-corrected chi connectivity index (χ3v) is 4.58. The maximum atomic E-state index is 12.5. The van der Waals surface area contributed by atoms with E-state index in [0.717, 1.165) is 16.9 Å². The van der Waals surface area contributed by atoms with Gasteiger partial charge in [0.25, 0.3) is 0 Å². The highest BCUT2D eigenvalue weighted by Gasteiger charge is 2.19. The zero-order chi connectivity index (χ0) is 23.0. The van der Waals surface area contributed by atoms with Gasteiger partial charge in [-0.2, -0.15) is 0 Å². The summed E-state index contributed by atoms with van der Waals surface area (Å²) in [4.78, 5) is 26.4. The quantitative estimate of drug-likeness (QED) is 0.666. The molecule has 0 heterocycles. The van der Waals surface area contributed by atoms with Gasteiger partial charge in [-0.1, -0.05) is 30.3 Å².